The zero-order valence-electron chi connectivity index (χ0n) is 12.1. The van der Waals surface area contributed by atoms with E-state index in [2.05, 4.69) is 10.2 Å². The van der Waals surface area contributed by atoms with Crippen LogP contribution >= 0.6 is 0 Å². The minimum absolute atomic E-state index is 0.0247. The van der Waals surface area contributed by atoms with Gasteiger partial charge in [0.15, 0.2) is 0 Å². The molecule has 2 aliphatic rings. The van der Waals surface area contributed by atoms with Crippen LogP contribution in [-0.4, -0.2) is 37.7 Å². The number of anilines is 1. The molecule has 1 unspecified atom stereocenters. The van der Waals surface area contributed by atoms with E-state index in [0.29, 0.717) is 6.61 Å². The molecular formula is C16H21FN2O2. The first kappa shape index (κ1) is 14.3. The van der Waals surface area contributed by atoms with Crippen molar-refractivity contribution in [2.24, 2.45) is 0 Å². The van der Waals surface area contributed by atoms with Crippen LogP contribution in [0.3, 0.4) is 0 Å². The number of amides is 1. The predicted octanol–water partition coefficient (Wildman–Crippen LogP) is 2.09. The topological polar surface area (TPSA) is 41.6 Å². The first-order valence-corrected chi connectivity index (χ1v) is 7.65. The number of carbonyl (C=O) groups excluding carboxylic acids is 1. The Bertz CT molecular complexity index is 495. The van der Waals surface area contributed by atoms with Gasteiger partial charge in [-0.2, -0.15) is 0 Å². The number of piperidine rings is 1. The smallest absolute Gasteiger partial charge is 0.249 e. The lowest BCUT2D eigenvalue weighted by atomic mass is 10.0. The molecule has 1 atom stereocenters. The Morgan fingerprint density at radius 2 is 2.10 bits per heavy atom. The summed E-state index contributed by atoms with van der Waals surface area (Å²) < 4.78 is 18.6. The molecule has 2 saturated heterocycles. The average molecular weight is 292 g/mol. The maximum absolute atomic E-state index is 13.2. The molecule has 4 nitrogen and oxygen atoms in total. The van der Waals surface area contributed by atoms with Crippen molar-refractivity contribution in [1.82, 2.24) is 5.32 Å². The number of hydrogen-bond acceptors (Lipinski definition) is 3. The summed E-state index contributed by atoms with van der Waals surface area (Å²) in [6, 6.07) is 6.87. The standard InChI is InChI=1S/C16H21FN2O2/c17-12-3-1-4-14(11-12)19-8-6-13(7-9-19)18-16(20)15-5-2-10-21-15/h1,3-4,11,13,15H,2,5-10H2,(H,18,20). The van der Waals surface area contributed by atoms with Crippen LogP contribution in [0.5, 0.6) is 0 Å². The fraction of sp³-hybridized carbons (Fsp3) is 0.562. The van der Waals surface area contributed by atoms with Crippen LogP contribution in [0.25, 0.3) is 0 Å². The zero-order valence-corrected chi connectivity index (χ0v) is 12.1. The number of benzene rings is 1. The second-order valence-corrected chi connectivity index (χ2v) is 5.75. The molecule has 0 bridgehead atoms. The van der Waals surface area contributed by atoms with Gasteiger partial charge in [0.25, 0.3) is 0 Å². The second-order valence-electron chi connectivity index (χ2n) is 5.75. The normalized spacial score (nSPS) is 23.3. The molecule has 0 saturated carbocycles. The minimum atomic E-state index is -0.258. The van der Waals surface area contributed by atoms with Gasteiger partial charge in [0, 0.05) is 31.4 Å². The van der Waals surface area contributed by atoms with Crippen molar-refractivity contribution in [3.05, 3.63) is 30.1 Å². The molecule has 2 heterocycles. The van der Waals surface area contributed by atoms with Gasteiger partial charge in [0.05, 0.1) is 0 Å². The molecule has 5 heteroatoms. The third-order valence-corrected chi connectivity index (χ3v) is 4.24. The van der Waals surface area contributed by atoms with Gasteiger partial charge in [-0.25, -0.2) is 4.39 Å². The first-order chi connectivity index (χ1) is 10.2. The summed E-state index contributed by atoms with van der Waals surface area (Å²) in [6.07, 6.45) is 3.31. The molecule has 1 amide bonds. The van der Waals surface area contributed by atoms with Crippen molar-refractivity contribution in [1.29, 1.82) is 0 Å². The van der Waals surface area contributed by atoms with Crippen molar-refractivity contribution in [2.45, 2.75) is 37.8 Å². The Labute approximate surface area is 124 Å². The maximum Gasteiger partial charge on any atom is 0.249 e. The highest BCUT2D eigenvalue weighted by molar-refractivity contribution is 5.81. The SMILES string of the molecule is O=C(NC1CCN(c2cccc(F)c2)CC1)C1CCCO1. The van der Waals surface area contributed by atoms with Crippen LogP contribution in [0.4, 0.5) is 10.1 Å². The van der Waals surface area contributed by atoms with Crippen LogP contribution in [0.1, 0.15) is 25.7 Å². The first-order valence-electron chi connectivity index (χ1n) is 7.65. The van der Waals surface area contributed by atoms with E-state index in [1.165, 1.54) is 6.07 Å². The maximum atomic E-state index is 13.2. The van der Waals surface area contributed by atoms with Gasteiger partial charge in [-0.15, -0.1) is 0 Å². The molecule has 2 aliphatic heterocycles. The Hall–Kier alpha value is -1.62. The van der Waals surface area contributed by atoms with Gasteiger partial charge >= 0.3 is 0 Å². The number of ether oxygens (including phenoxy) is 1. The van der Waals surface area contributed by atoms with Crippen LogP contribution in [0.2, 0.25) is 0 Å². The highest BCUT2D eigenvalue weighted by Gasteiger charge is 2.27. The lowest BCUT2D eigenvalue weighted by Crippen LogP contribution is -2.47. The van der Waals surface area contributed by atoms with Crippen LogP contribution in [-0.2, 0) is 9.53 Å². The molecule has 1 N–H and O–H groups in total. The van der Waals surface area contributed by atoms with Gasteiger partial charge in [-0.05, 0) is 43.9 Å². The molecule has 21 heavy (non-hydrogen) atoms. The average Bonchev–Trinajstić information content (AvgIpc) is 3.02. The number of hydrogen-bond donors (Lipinski definition) is 1. The van der Waals surface area contributed by atoms with Gasteiger partial charge in [-0.1, -0.05) is 6.07 Å². The molecule has 0 aromatic heterocycles. The summed E-state index contributed by atoms with van der Waals surface area (Å²) in [6.45, 7) is 2.36. The summed E-state index contributed by atoms with van der Waals surface area (Å²) in [5, 5.41) is 3.08. The Balaban J connectivity index is 1.49. The fourth-order valence-corrected chi connectivity index (χ4v) is 3.03. The molecule has 0 spiro atoms. The van der Waals surface area contributed by atoms with Crippen LogP contribution in [0, 0.1) is 5.82 Å². The Morgan fingerprint density at radius 1 is 1.29 bits per heavy atom. The molecule has 2 fully saturated rings. The number of carbonyl (C=O) groups is 1. The molecule has 114 valence electrons. The van der Waals surface area contributed by atoms with Crippen molar-refractivity contribution < 1.29 is 13.9 Å². The summed E-state index contributed by atoms with van der Waals surface area (Å²) >= 11 is 0. The van der Waals surface area contributed by atoms with E-state index in [1.807, 2.05) is 6.07 Å². The summed E-state index contributed by atoms with van der Waals surface area (Å²) in [5.74, 6) is -0.182. The molecule has 3 rings (SSSR count). The number of rotatable bonds is 3. The summed E-state index contributed by atoms with van der Waals surface area (Å²) in [5.41, 5.74) is 0.916. The van der Waals surface area contributed by atoms with E-state index in [-0.39, 0.29) is 23.9 Å². The molecular weight excluding hydrogens is 271 g/mol. The van der Waals surface area contributed by atoms with E-state index in [0.717, 1.165) is 44.5 Å². The van der Waals surface area contributed by atoms with Crippen LogP contribution < -0.4 is 10.2 Å². The van der Waals surface area contributed by atoms with E-state index in [4.69, 9.17) is 4.74 Å². The van der Waals surface area contributed by atoms with E-state index in [1.54, 1.807) is 12.1 Å². The third kappa shape index (κ3) is 3.53. The minimum Gasteiger partial charge on any atom is -0.371 e. The molecule has 1 aromatic carbocycles. The van der Waals surface area contributed by atoms with Gasteiger partial charge in [0.1, 0.15) is 11.9 Å². The lowest BCUT2D eigenvalue weighted by molar-refractivity contribution is -0.130. The highest BCUT2D eigenvalue weighted by atomic mass is 19.1. The zero-order chi connectivity index (χ0) is 14.7. The van der Waals surface area contributed by atoms with Gasteiger partial charge in [0.2, 0.25) is 5.91 Å². The summed E-state index contributed by atoms with van der Waals surface area (Å²) in [4.78, 5) is 14.2. The van der Waals surface area contributed by atoms with Crippen molar-refractivity contribution in [3.8, 4) is 0 Å². The summed E-state index contributed by atoms with van der Waals surface area (Å²) in [7, 11) is 0. The van der Waals surface area contributed by atoms with Crippen molar-refractivity contribution in [2.75, 3.05) is 24.6 Å². The number of halogens is 1. The van der Waals surface area contributed by atoms with E-state index in [9.17, 15) is 9.18 Å². The lowest BCUT2D eigenvalue weighted by Gasteiger charge is -2.34. The highest BCUT2D eigenvalue weighted by Crippen LogP contribution is 2.21. The van der Waals surface area contributed by atoms with Gasteiger partial charge < -0.3 is 15.0 Å². The monoisotopic (exact) mass is 292 g/mol. The van der Waals surface area contributed by atoms with Crippen molar-refractivity contribution in [3.63, 3.8) is 0 Å². The number of nitrogens with zero attached hydrogens (tertiary/aromatic N) is 1. The largest absolute Gasteiger partial charge is 0.371 e. The molecule has 1 aromatic rings. The molecule has 0 radical (unpaired) electrons. The Morgan fingerprint density at radius 3 is 2.76 bits per heavy atom. The van der Waals surface area contributed by atoms with Gasteiger partial charge in [-0.3, -0.25) is 4.79 Å². The van der Waals surface area contributed by atoms with E-state index < -0.39 is 0 Å². The second kappa shape index (κ2) is 6.43. The molecule has 0 aliphatic carbocycles. The Kier molecular flexibility index (Phi) is 4.39. The fourth-order valence-electron chi connectivity index (χ4n) is 3.03. The van der Waals surface area contributed by atoms with Crippen LogP contribution in [0.15, 0.2) is 24.3 Å². The third-order valence-electron chi connectivity index (χ3n) is 4.24. The van der Waals surface area contributed by atoms with Crippen molar-refractivity contribution >= 4 is 11.6 Å². The van der Waals surface area contributed by atoms with E-state index >= 15 is 0 Å². The predicted molar refractivity (Wildman–Crippen MR) is 78.8 cm³/mol. The number of nitrogens with one attached hydrogen (secondary N) is 1. The quantitative estimate of drug-likeness (QED) is 0.927.